The Labute approximate surface area is 224 Å². The summed E-state index contributed by atoms with van der Waals surface area (Å²) in [4.78, 5) is 19.0. The lowest BCUT2D eigenvalue weighted by atomic mass is 10.0. The number of H-pyrrole nitrogens is 2. The lowest BCUT2D eigenvalue weighted by molar-refractivity contribution is 0.0115. The van der Waals surface area contributed by atoms with Crippen molar-refractivity contribution in [1.29, 1.82) is 0 Å². The molecule has 39 heavy (non-hydrogen) atoms. The van der Waals surface area contributed by atoms with Gasteiger partial charge in [0.05, 0.1) is 41.4 Å². The molecule has 6 heterocycles. The summed E-state index contributed by atoms with van der Waals surface area (Å²) in [5, 5.41) is 9.96. The molecule has 0 bridgehead atoms. The van der Waals surface area contributed by atoms with Crippen LogP contribution in [0, 0.1) is 0 Å². The first-order valence-electron chi connectivity index (χ1n) is 13.4. The maximum absolute atomic E-state index is 13.7. The van der Waals surface area contributed by atoms with E-state index >= 15 is 0 Å². The number of nitrogens with zero attached hydrogens (tertiary/aromatic N) is 6. The highest BCUT2D eigenvalue weighted by Gasteiger charge is 2.37. The van der Waals surface area contributed by atoms with Crippen LogP contribution in [-0.4, -0.2) is 87.2 Å². The van der Waals surface area contributed by atoms with Gasteiger partial charge in [-0.2, -0.15) is 5.10 Å². The predicted octanol–water partition coefficient (Wildman–Crippen LogP) is 4.76. The molecule has 0 spiro atoms. The second-order valence-corrected chi connectivity index (χ2v) is 10.8. The molecule has 200 valence electrons. The Hall–Kier alpha value is -3.89. The van der Waals surface area contributed by atoms with Gasteiger partial charge in [-0.05, 0) is 42.4 Å². The molecule has 4 aromatic heterocycles. The molecule has 0 amide bonds. The number of rotatable bonds is 5. The highest BCUT2D eigenvalue weighted by molar-refractivity contribution is 6.00. The minimum Gasteiger partial charge on any atom is -0.367 e. The van der Waals surface area contributed by atoms with Gasteiger partial charge in [0.1, 0.15) is 5.69 Å². The van der Waals surface area contributed by atoms with E-state index in [9.17, 15) is 8.78 Å². The van der Waals surface area contributed by atoms with Crippen LogP contribution in [-0.2, 0) is 6.54 Å². The average molecular weight is 529 g/mol. The number of nitrogens with one attached hydrogen (secondary N) is 2. The average Bonchev–Trinajstić information content (AvgIpc) is 3.64. The summed E-state index contributed by atoms with van der Waals surface area (Å²) in [6, 6.07) is 10.4. The Morgan fingerprint density at radius 1 is 0.872 bits per heavy atom. The summed E-state index contributed by atoms with van der Waals surface area (Å²) in [6.07, 6.45) is 7.32. The fourth-order valence-electron chi connectivity index (χ4n) is 5.79. The van der Waals surface area contributed by atoms with Crippen LogP contribution >= 0.6 is 0 Å². The van der Waals surface area contributed by atoms with E-state index in [0.29, 0.717) is 13.1 Å². The van der Waals surface area contributed by atoms with Gasteiger partial charge in [-0.25, -0.2) is 8.78 Å². The van der Waals surface area contributed by atoms with Crippen molar-refractivity contribution in [1.82, 2.24) is 34.9 Å². The molecule has 2 fully saturated rings. The number of hydrogen-bond donors (Lipinski definition) is 2. The second-order valence-electron chi connectivity index (χ2n) is 10.8. The van der Waals surface area contributed by atoms with Crippen LogP contribution < -0.4 is 4.90 Å². The molecule has 2 saturated heterocycles. The van der Waals surface area contributed by atoms with Crippen LogP contribution in [0.5, 0.6) is 0 Å². The van der Waals surface area contributed by atoms with Crippen LogP contribution in [0.25, 0.3) is 44.3 Å². The van der Waals surface area contributed by atoms with E-state index in [1.54, 1.807) is 11.1 Å². The normalized spacial score (nSPS) is 18.5. The van der Waals surface area contributed by atoms with Crippen LogP contribution in [0.2, 0.25) is 0 Å². The van der Waals surface area contributed by atoms with Gasteiger partial charge >= 0.3 is 0 Å². The maximum atomic E-state index is 13.7. The predicted molar refractivity (Wildman–Crippen MR) is 149 cm³/mol. The highest BCUT2D eigenvalue weighted by Crippen LogP contribution is 2.35. The van der Waals surface area contributed by atoms with E-state index in [1.807, 2.05) is 36.8 Å². The standard InChI is InChI=1S/C29H30F2N8/c1-37-6-8-39(9-7-37)27-16-33-15-26-22(27)12-25(34-26)28-23-11-20(2-3-24(23)35-36-28)21-10-19(13-32-14-21)17-38-5-4-29(30,31)18-38/h2-3,10-16,34H,4-9,17-18H2,1H3,(H,35,36). The Kier molecular flexibility index (Phi) is 5.82. The quantitative estimate of drug-likeness (QED) is 0.343. The number of likely N-dealkylation sites (tertiary alicyclic amines) is 1. The van der Waals surface area contributed by atoms with E-state index in [-0.39, 0.29) is 13.0 Å². The molecule has 0 radical (unpaired) electrons. The highest BCUT2D eigenvalue weighted by atomic mass is 19.3. The number of fused-ring (bicyclic) bond motifs is 2. The molecule has 10 heteroatoms. The molecule has 0 aliphatic carbocycles. The zero-order chi connectivity index (χ0) is 26.6. The molecule has 2 N–H and O–H groups in total. The minimum atomic E-state index is -2.60. The van der Waals surface area contributed by atoms with Gasteiger partial charge in [-0.1, -0.05) is 6.07 Å². The Morgan fingerprint density at radius 3 is 2.54 bits per heavy atom. The van der Waals surface area contributed by atoms with Crippen molar-refractivity contribution >= 4 is 27.5 Å². The van der Waals surface area contributed by atoms with Crippen LogP contribution in [0.15, 0.2) is 55.1 Å². The van der Waals surface area contributed by atoms with Gasteiger partial charge in [0.2, 0.25) is 0 Å². The van der Waals surface area contributed by atoms with Crippen molar-refractivity contribution < 1.29 is 8.78 Å². The third-order valence-electron chi connectivity index (χ3n) is 7.97. The minimum absolute atomic E-state index is 0.0826. The summed E-state index contributed by atoms with van der Waals surface area (Å²) in [7, 11) is 2.16. The van der Waals surface area contributed by atoms with E-state index in [0.717, 1.165) is 81.8 Å². The summed E-state index contributed by atoms with van der Waals surface area (Å²) in [5.41, 5.74) is 7.72. The molecule has 5 aromatic rings. The third kappa shape index (κ3) is 4.63. The largest absolute Gasteiger partial charge is 0.367 e. The van der Waals surface area contributed by atoms with Gasteiger partial charge < -0.3 is 14.8 Å². The SMILES string of the molecule is CN1CCN(c2cncc3[nH]c(-c4n[nH]c5ccc(-c6cncc(CN7CCC(F)(F)C7)c6)cc45)cc23)CC1. The van der Waals surface area contributed by atoms with E-state index in [2.05, 4.69) is 54.1 Å². The third-order valence-corrected chi connectivity index (χ3v) is 7.97. The zero-order valence-corrected chi connectivity index (χ0v) is 21.8. The van der Waals surface area contributed by atoms with Crippen molar-refractivity contribution in [3.63, 3.8) is 0 Å². The topological polar surface area (TPSA) is 80.0 Å². The van der Waals surface area contributed by atoms with Crippen molar-refractivity contribution in [3.8, 4) is 22.5 Å². The Morgan fingerprint density at radius 2 is 1.72 bits per heavy atom. The fraction of sp³-hybridized carbons (Fsp3) is 0.345. The van der Waals surface area contributed by atoms with Crippen molar-refractivity contribution in [2.45, 2.75) is 18.9 Å². The van der Waals surface area contributed by atoms with Gasteiger partial charge in [0, 0.05) is 74.4 Å². The number of benzene rings is 1. The van der Waals surface area contributed by atoms with E-state index in [1.165, 1.54) is 0 Å². The van der Waals surface area contributed by atoms with Crippen molar-refractivity contribution in [2.75, 3.05) is 51.2 Å². The number of anilines is 1. The molecular formula is C29H30F2N8. The molecule has 2 aliphatic rings. The van der Waals surface area contributed by atoms with Gasteiger partial charge in [-0.15, -0.1) is 0 Å². The van der Waals surface area contributed by atoms with Crippen LogP contribution in [0.1, 0.15) is 12.0 Å². The number of pyridine rings is 2. The number of halogens is 2. The fourth-order valence-corrected chi connectivity index (χ4v) is 5.79. The molecular weight excluding hydrogens is 498 g/mol. The molecule has 7 rings (SSSR count). The van der Waals surface area contributed by atoms with Crippen molar-refractivity contribution in [2.24, 2.45) is 0 Å². The lowest BCUT2D eigenvalue weighted by Gasteiger charge is -2.34. The second kappa shape index (κ2) is 9.39. The van der Waals surface area contributed by atoms with Crippen molar-refractivity contribution in [3.05, 3.63) is 60.7 Å². The van der Waals surface area contributed by atoms with Gasteiger partial charge in [0.25, 0.3) is 5.92 Å². The molecule has 0 saturated carbocycles. The van der Waals surface area contributed by atoms with E-state index < -0.39 is 5.92 Å². The zero-order valence-electron chi connectivity index (χ0n) is 21.8. The molecule has 0 unspecified atom stereocenters. The first-order chi connectivity index (χ1) is 18.9. The van der Waals surface area contributed by atoms with Gasteiger partial charge in [-0.3, -0.25) is 20.0 Å². The molecule has 2 aliphatic heterocycles. The molecule has 1 aromatic carbocycles. The number of alkyl halides is 2. The molecule has 8 nitrogen and oxygen atoms in total. The number of likely N-dealkylation sites (N-methyl/N-ethyl adjacent to an activating group) is 1. The van der Waals surface area contributed by atoms with Crippen LogP contribution in [0.4, 0.5) is 14.5 Å². The number of aromatic nitrogens is 5. The Bertz CT molecular complexity index is 1650. The summed E-state index contributed by atoms with van der Waals surface area (Å²) in [5.74, 6) is -2.60. The van der Waals surface area contributed by atoms with Gasteiger partial charge in [0.15, 0.2) is 0 Å². The van der Waals surface area contributed by atoms with Crippen LogP contribution in [0.3, 0.4) is 0 Å². The maximum Gasteiger partial charge on any atom is 0.261 e. The number of hydrogen-bond acceptors (Lipinski definition) is 6. The number of piperazine rings is 1. The smallest absolute Gasteiger partial charge is 0.261 e. The first-order valence-corrected chi connectivity index (χ1v) is 13.4. The van der Waals surface area contributed by atoms with E-state index in [4.69, 9.17) is 0 Å². The number of aromatic amines is 2. The summed E-state index contributed by atoms with van der Waals surface area (Å²) < 4.78 is 27.3. The lowest BCUT2D eigenvalue weighted by Crippen LogP contribution is -2.44. The molecule has 0 atom stereocenters. The summed E-state index contributed by atoms with van der Waals surface area (Å²) in [6.45, 7) is 4.67. The Balaban J connectivity index is 1.21. The first kappa shape index (κ1) is 24.2. The summed E-state index contributed by atoms with van der Waals surface area (Å²) >= 11 is 0. The monoisotopic (exact) mass is 528 g/mol.